The molecular weight excluding hydrogens is 262 g/mol. The second kappa shape index (κ2) is 8.18. The monoisotopic (exact) mass is 289 g/mol. The van der Waals surface area contributed by atoms with Crippen LogP contribution in [0.15, 0.2) is 18.2 Å². The van der Waals surface area contributed by atoms with E-state index >= 15 is 0 Å². The molecule has 1 aromatic carbocycles. The first-order valence-corrected chi connectivity index (χ1v) is 8.19. The van der Waals surface area contributed by atoms with Crippen molar-refractivity contribution in [2.75, 3.05) is 26.2 Å². The Morgan fingerprint density at radius 3 is 2.67 bits per heavy atom. The van der Waals surface area contributed by atoms with Crippen LogP contribution in [0.4, 0.5) is 0 Å². The van der Waals surface area contributed by atoms with E-state index in [9.17, 15) is 4.79 Å². The second-order valence-corrected chi connectivity index (χ2v) is 5.90. The van der Waals surface area contributed by atoms with Crippen molar-refractivity contribution in [3.63, 3.8) is 0 Å². The molecule has 0 radical (unpaired) electrons. The molecule has 21 heavy (non-hydrogen) atoms. The lowest BCUT2D eigenvalue weighted by molar-refractivity contribution is 0.0958. The van der Waals surface area contributed by atoms with Crippen LogP contribution in [0.25, 0.3) is 0 Å². The Labute approximate surface area is 128 Å². The molecule has 0 amide bonds. The molecule has 1 aliphatic rings. The topological polar surface area (TPSA) is 29.5 Å². The van der Waals surface area contributed by atoms with Crippen LogP contribution in [-0.2, 0) is 0 Å². The van der Waals surface area contributed by atoms with Crippen molar-refractivity contribution >= 4 is 5.78 Å². The van der Waals surface area contributed by atoms with Crippen molar-refractivity contribution in [1.29, 1.82) is 0 Å². The van der Waals surface area contributed by atoms with Crippen LogP contribution in [-0.4, -0.2) is 36.9 Å². The van der Waals surface area contributed by atoms with Crippen molar-refractivity contribution in [3.8, 4) is 5.75 Å². The quantitative estimate of drug-likeness (QED) is 0.714. The third-order valence-corrected chi connectivity index (χ3v) is 4.07. The maximum absolute atomic E-state index is 12.4. The van der Waals surface area contributed by atoms with E-state index in [-0.39, 0.29) is 5.78 Å². The van der Waals surface area contributed by atoms with Gasteiger partial charge in [0.1, 0.15) is 5.75 Å². The molecule has 1 fully saturated rings. The number of nitrogens with zero attached hydrogens (tertiary/aromatic N) is 1. The van der Waals surface area contributed by atoms with E-state index in [2.05, 4.69) is 11.8 Å². The molecule has 0 bridgehead atoms. The van der Waals surface area contributed by atoms with Crippen LogP contribution in [0.2, 0.25) is 0 Å². The van der Waals surface area contributed by atoms with Gasteiger partial charge in [-0.05, 0) is 63.0 Å². The highest BCUT2D eigenvalue weighted by molar-refractivity contribution is 5.97. The number of benzene rings is 1. The number of ketones is 1. The summed E-state index contributed by atoms with van der Waals surface area (Å²) in [5.74, 6) is 1.11. The van der Waals surface area contributed by atoms with Crippen LogP contribution >= 0.6 is 0 Å². The Bertz CT molecular complexity index is 464. The molecule has 1 aromatic rings. The van der Waals surface area contributed by atoms with E-state index in [0.29, 0.717) is 6.42 Å². The highest BCUT2D eigenvalue weighted by atomic mass is 16.5. The zero-order valence-electron chi connectivity index (χ0n) is 13.4. The van der Waals surface area contributed by atoms with Crippen LogP contribution in [0, 0.1) is 6.92 Å². The van der Waals surface area contributed by atoms with Gasteiger partial charge < -0.3 is 9.64 Å². The number of Topliss-reactive ketones (excluding diaryl/α,β-unsaturated/α-hetero) is 1. The van der Waals surface area contributed by atoms with Crippen LogP contribution in [0.3, 0.4) is 0 Å². The van der Waals surface area contributed by atoms with Crippen molar-refractivity contribution < 1.29 is 9.53 Å². The largest absolute Gasteiger partial charge is 0.494 e. The summed E-state index contributed by atoms with van der Waals surface area (Å²) >= 11 is 0. The minimum Gasteiger partial charge on any atom is -0.494 e. The molecule has 0 saturated carbocycles. The summed E-state index contributed by atoms with van der Waals surface area (Å²) in [5.41, 5.74) is 1.86. The second-order valence-electron chi connectivity index (χ2n) is 5.90. The molecule has 0 atom stereocenters. The summed E-state index contributed by atoms with van der Waals surface area (Å²) in [7, 11) is 0. The molecule has 0 unspecified atom stereocenters. The Kier molecular flexibility index (Phi) is 6.24. The fourth-order valence-electron chi connectivity index (χ4n) is 2.84. The predicted molar refractivity (Wildman–Crippen MR) is 86.2 cm³/mol. The van der Waals surface area contributed by atoms with Gasteiger partial charge in [0, 0.05) is 18.5 Å². The summed E-state index contributed by atoms with van der Waals surface area (Å²) in [6.45, 7) is 8.00. The minimum absolute atomic E-state index is 0.250. The Morgan fingerprint density at radius 2 is 2.00 bits per heavy atom. The van der Waals surface area contributed by atoms with E-state index in [4.69, 9.17) is 4.74 Å². The molecular formula is C18H27NO2. The standard InChI is InChI=1S/C18H27NO2/c1-3-13-21-16-7-8-17(15(2)14-16)18(20)9-12-19-10-5-4-6-11-19/h7-8,14H,3-6,9-13H2,1-2H3. The number of hydrogen-bond acceptors (Lipinski definition) is 3. The summed E-state index contributed by atoms with van der Waals surface area (Å²) in [5, 5.41) is 0. The van der Waals surface area contributed by atoms with Crippen molar-refractivity contribution in [2.45, 2.75) is 46.0 Å². The van der Waals surface area contributed by atoms with Gasteiger partial charge in [-0.2, -0.15) is 0 Å². The van der Waals surface area contributed by atoms with Gasteiger partial charge in [-0.3, -0.25) is 4.79 Å². The highest BCUT2D eigenvalue weighted by Crippen LogP contribution is 2.19. The van der Waals surface area contributed by atoms with Gasteiger partial charge in [0.25, 0.3) is 0 Å². The number of ether oxygens (including phenoxy) is 1. The maximum Gasteiger partial charge on any atom is 0.164 e. The number of aryl methyl sites for hydroxylation is 1. The lowest BCUT2D eigenvalue weighted by Crippen LogP contribution is -2.31. The predicted octanol–water partition coefficient (Wildman–Crippen LogP) is 3.84. The first kappa shape index (κ1) is 16.0. The molecule has 0 N–H and O–H groups in total. The Hall–Kier alpha value is -1.35. The van der Waals surface area contributed by atoms with Crippen LogP contribution in [0.5, 0.6) is 5.75 Å². The first-order valence-electron chi connectivity index (χ1n) is 8.19. The van der Waals surface area contributed by atoms with Gasteiger partial charge in [0.15, 0.2) is 5.78 Å². The lowest BCUT2D eigenvalue weighted by Gasteiger charge is -2.26. The number of rotatable bonds is 7. The third-order valence-electron chi connectivity index (χ3n) is 4.07. The van der Waals surface area contributed by atoms with E-state index in [0.717, 1.165) is 49.5 Å². The number of carbonyl (C=O) groups is 1. The van der Waals surface area contributed by atoms with E-state index in [1.165, 1.54) is 19.3 Å². The number of hydrogen-bond donors (Lipinski definition) is 0. The zero-order chi connectivity index (χ0) is 15.1. The molecule has 0 spiro atoms. The Balaban J connectivity index is 1.89. The maximum atomic E-state index is 12.4. The molecule has 0 aliphatic carbocycles. The normalized spacial score (nSPS) is 15.9. The molecule has 116 valence electrons. The molecule has 3 heteroatoms. The number of piperidine rings is 1. The fraction of sp³-hybridized carbons (Fsp3) is 0.611. The lowest BCUT2D eigenvalue weighted by atomic mass is 10.0. The summed E-state index contributed by atoms with van der Waals surface area (Å²) in [6, 6.07) is 5.80. The van der Waals surface area contributed by atoms with Gasteiger partial charge in [-0.25, -0.2) is 0 Å². The van der Waals surface area contributed by atoms with E-state index in [1.807, 2.05) is 25.1 Å². The highest BCUT2D eigenvalue weighted by Gasteiger charge is 2.14. The van der Waals surface area contributed by atoms with Crippen molar-refractivity contribution in [1.82, 2.24) is 4.90 Å². The van der Waals surface area contributed by atoms with Gasteiger partial charge in [-0.15, -0.1) is 0 Å². The van der Waals surface area contributed by atoms with E-state index < -0.39 is 0 Å². The van der Waals surface area contributed by atoms with Gasteiger partial charge in [-0.1, -0.05) is 13.3 Å². The summed E-state index contributed by atoms with van der Waals surface area (Å²) in [6.07, 6.45) is 5.50. The SMILES string of the molecule is CCCOc1ccc(C(=O)CCN2CCCCC2)c(C)c1. The van der Waals surface area contributed by atoms with E-state index in [1.54, 1.807) is 0 Å². The molecule has 1 aliphatic heterocycles. The van der Waals surface area contributed by atoms with Crippen LogP contribution in [0.1, 0.15) is 54.9 Å². The number of likely N-dealkylation sites (tertiary alicyclic amines) is 1. The Morgan fingerprint density at radius 1 is 1.24 bits per heavy atom. The first-order chi connectivity index (χ1) is 10.2. The zero-order valence-corrected chi connectivity index (χ0v) is 13.4. The fourth-order valence-corrected chi connectivity index (χ4v) is 2.84. The average molecular weight is 289 g/mol. The average Bonchev–Trinajstić information content (AvgIpc) is 2.51. The van der Waals surface area contributed by atoms with Gasteiger partial charge >= 0.3 is 0 Å². The van der Waals surface area contributed by atoms with Gasteiger partial charge in [0.05, 0.1) is 6.61 Å². The van der Waals surface area contributed by atoms with Crippen LogP contribution < -0.4 is 4.74 Å². The molecule has 1 heterocycles. The molecule has 2 rings (SSSR count). The van der Waals surface area contributed by atoms with Crippen molar-refractivity contribution in [2.24, 2.45) is 0 Å². The van der Waals surface area contributed by atoms with Crippen molar-refractivity contribution in [3.05, 3.63) is 29.3 Å². The molecule has 1 saturated heterocycles. The third kappa shape index (κ3) is 4.85. The smallest absolute Gasteiger partial charge is 0.164 e. The van der Waals surface area contributed by atoms with Gasteiger partial charge in [0.2, 0.25) is 0 Å². The molecule has 0 aromatic heterocycles. The molecule has 3 nitrogen and oxygen atoms in total. The number of carbonyl (C=O) groups excluding carboxylic acids is 1. The summed E-state index contributed by atoms with van der Waals surface area (Å²) in [4.78, 5) is 14.8. The summed E-state index contributed by atoms with van der Waals surface area (Å²) < 4.78 is 5.61. The minimum atomic E-state index is 0.250.